The number of hydrogen-bond acceptors (Lipinski definition) is 2. The number of aromatic hydroxyl groups is 1. The number of allylic oxidation sites excluding steroid dienone is 4. The highest BCUT2D eigenvalue weighted by molar-refractivity contribution is 5.26. The average Bonchev–Trinajstić information content (AvgIpc) is 2.50. The van der Waals surface area contributed by atoms with E-state index in [1.54, 1.807) is 18.2 Å². The molecule has 0 radical (unpaired) electrons. The quantitative estimate of drug-likeness (QED) is 0.484. The molecule has 0 aliphatic heterocycles. The van der Waals surface area contributed by atoms with Crippen molar-refractivity contribution < 1.29 is 14.6 Å². The largest absolute Gasteiger partial charge is 0.508 e. The van der Waals surface area contributed by atoms with E-state index in [4.69, 9.17) is 0 Å². The lowest BCUT2D eigenvalue weighted by Crippen LogP contribution is -2.02. The number of aliphatic hydroxyl groups excluding tert-OH is 1. The number of benzene rings is 1. The molecule has 1 aromatic carbocycles. The first-order valence-corrected chi connectivity index (χ1v) is 7.61. The lowest BCUT2D eigenvalue weighted by atomic mass is 9.91. The van der Waals surface area contributed by atoms with Crippen LogP contribution in [0.1, 0.15) is 38.7 Å². The lowest BCUT2D eigenvalue weighted by Gasteiger charge is -2.15. The first-order chi connectivity index (χ1) is 10.4. The minimum Gasteiger partial charge on any atom is -0.508 e. The zero-order valence-corrected chi connectivity index (χ0v) is 13.3. The molecule has 3 heteroatoms. The number of hydrogen-bond donors (Lipinski definition) is 2. The van der Waals surface area contributed by atoms with Crippen molar-refractivity contribution in [2.75, 3.05) is 0 Å². The number of halogens is 1. The molecule has 0 bridgehead atoms. The van der Waals surface area contributed by atoms with Gasteiger partial charge in [-0.3, -0.25) is 0 Å². The molecular weight excluding hydrogens is 279 g/mol. The Labute approximate surface area is 132 Å². The molecule has 0 saturated carbocycles. The van der Waals surface area contributed by atoms with Crippen molar-refractivity contribution in [2.24, 2.45) is 5.92 Å². The maximum absolute atomic E-state index is 12.7. The summed E-state index contributed by atoms with van der Waals surface area (Å²) in [6.07, 6.45) is 7.09. The van der Waals surface area contributed by atoms with Gasteiger partial charge in [0.05, 0.1) is 0 Å². The average molecular weight is 304 g/mol. The third-order valence-corrected chi connectivity index (χ3v) is 3.77. The third kappa shape index (κ3) is 6.61. The standard InChI is InChI=1S/C19H25FO2/c1-4-16(6-7-17-8-10-18(21)11-9-17)13-14(2)5-12-19(22)15(3)20/h5,8-12,16,21-22H,3-4,6-7,13H2,1-2H3/b14-5+,19-12+. The molecule has 22 heavy (non-hydrogen) atoms. The predicted molar refractivity (Wildman–Crippen MR) is 89.5 cm³/mol. The van der Waals surface area contributed by atoms with Crippen LogP contribution in [-0.2, 0) is 6.42 Å². The van der Waals surface area contributed by atoms with Crippen LogP contribution in [0.4, 0.5) is 4.39 Å². The van der Waals surface area contributed by atoms with E-state index in [-0.39, 0.29) is 5.75 Å². The van der Waals surface area contributed by atoms with Crippen molar-refractivity contribution in [2.45, 2.75) is 39.5 Å². The summed E-state index contributed by atoms with van der Waals surface area (Å²) in [6, 6.07) is 7.30. The first-order valence-electron chi connectivity index (χ1n) is 7.61. The second-order valence-electron chi connectivity index (χ2n) is 5.65. The Morgan fingerprint density at radius 3 is 2.45 bits per heavy atom. The molecular formula is C19H25FO2. The van der Waals surface area contributed by atoms with Crippen molar-refractivity contribution in [3.8, 4) is 5.75 Å². The fourth-order valence-corrected chi connectivity index (χ4v) is 2.32. The Hall–Kier alpha value is -2.03. The van der Waals surface area contributed by atoms with Gasteiger partial charge in [0.15, 0.2) is 11.6 Å². The second kappa shape index (κ2) is 9.08. The van der Waals surface area contributed by atoms with Gasteiger partial charge in [-0.1, -0.05) is 43.7 Å². The molecule has 1 atom stereocenters. The molecule has 0 fully saturated rings. The molecule has 0 saturated heterocycles. The molecule has 0 aliphatic carbocycles. The van der Waals surface area contributed by atoms with Crippen LogP contribution in [0, 0.1) is 5.92 Å². The monoisotopic (exact) mass is 304 g/mol. The van der Waals surface area contributed by atoms with Gasteiger partial charge in [0.1, 0.15) is 5.75 Å². The number of rotatable bonds is 8. The van der Waals surface area contributed by atoms with Crippen LogP contribution >= 0.6 is 0 Å². The van der Waals surface area contributed by atoms with Gasteiger partial charge in [-0.2, -0.15) is 0 Å². The van der Waals surface area contributed by atoms with Crippen LogP contribution in [0.25, 0.3) is 0 Å². The first kappa shape index (κ1) is 18.0. The molecule has 0 spiro atoms. The van der Waals surface area contributed by atoms with Gasteiger partial charge in [-0.15, -0.1) is 0 Å². The van der Waals surface area contributed by atoms with Gasteiger partial charge < -0.3 is 10.2 Å². The molecule has 1 unspecified atom stereocenters. The third-order valence-electron chi connectivity index (χ3n) is 3.77. The normalized spacial score (nSPS) is 14.0. The van der Waals surface area contributed by atoms with Gasteiger partial charge in [0.25, 0.3) is 0 Å². The molecule has 1 rings (SSSR count). The van der Waals surface area contributed by atoms with E-state index in [1.165, 1.54) is 11.6 Å². The number of aryl methyl sites for hydroxylation is 1. The summed E-state index contributed by atoms with van der Waals surface area (Å²) in [5.41, 5.74) is 2.31. The number of phenols is 1. The van der Waals surface area contributed by atoms with E-state index in [9.17, 15) is 14.6 Å². The zero-order chi connectivity index (χ0) is 16.5. The fourth-order valence-electron chi connectivity index (χ4n) is 2.32. The minimum absolute atomic E-state index is 0.288. The highest BCUT2D eigenvalue weighted by atomic mass is 19.1. The highest BCUT2D eigenvalue weighted by Gasteiger charge is 2.08. The van der Waals surface area contributed by atoms with Gasteiger partial charge >= 0.3 is 0 Å². The molecule has 2 nitrogen and oxygen atoms in total. The molecule has 2 N–H and O–H groups in total. The summed E-state index contributed by atoms with van der Waals surface area (Å²) in [5, 5.41) is 18.5. The number of phenolic OH excluding ortho intramolecular Hbond substituents is 1. The summed E-state index contributed by atoms with van der Waals surface area (Å²) >= 11 is 0. The Kier molecular flexibility index (Phi) is 7.44. The predicted octanol–water partition coefficient (Wildman–Crippen LogP) is 5.61. The molecule has 0 aliphatic rings. The van der Waals surface area contributed by atoms with Crippen LogP contribution in [0.3, 0.4) is 0 Å². The molecule has 1 aromatic rings. The summed E-state index contributed by atoms with van der Waals surface area (Å²) in [5.74, 6) is -0.412. The Morgan fingerprint density at radius 1 is 1.27 bits per heavy atom. The number of aliphatic hydroxyl groups is 1. The van der Waals surface area contributed by atoms with E-state index < -0.39 is 11.6 Å². The smallest absolute Gasteiger partial charge is 0.157 e. The van der Waals surface area contributed by atoms with Crippen LogP contribution < -0.4 is 0 Å². The van der Waals surface area contributed by atoms with Crippen LogP contribution in [-0.4, -0.2) is 10.2 Å². The lowest BCUT2D eigenvalue weighted by molar-refractivity contribution is 0.390. The van der Waals surface area contributed by atoms with E-state index >= 15 is 0 Å². The molecule has 0 amide bonds. The van der Waals surface area contributed by atoms with Crippen LogP contribution in [0.2, 0.25) is 0 Å². The maximum atomic E-state index is 12.7. The maximum Gasteiger partial charge on any atom is 0.157 e. The van der Waals surface area contributed by atoms with Crippen molar-refractivity contribution in [1.29, 1.82) is 0 Å². The summed E-state index contributed by atoms with van der Waals surface area (Å²) in [6.45, 7) is 7.19. The van der Waals surface area contributed by atoms with Gasteiger partial charge in [0, 0.05) is 0 Å². The second-order valence-corrected chi connectivity index (χ2v) is 5.65. The highest BCUT2D eigenvalue weighted by Crippen LogP contribution is 2.22. The minimum atomic E-state index is -0.816. The van der Waals surface area contributed by atoms with E-state index in [1.807, 2.05) is 19.1 Å². The Balaban J connectivity index is 2.54. The molecule has 0 heterocycles. The Morgan fingerprint density at radius 2 is 1.91 bits per heavy atom. The van der Waals surface area contributed by atoms with Crippen LogP contribution in [0.5, 0.6) is 5.75 Å². The van der Waals surface area contributed by atoms with Crippen molar-refractivity contribution >= 4 is 0 Å². The molecule has 0 aromatic heterocycles. The summed E-state index contributed by atoms with van der Waals surface area (Å²) in [4.78, 5) is 0. The van der Waals surface area contributed by atoms with Crippen molar-refractivity contribution in [3.63, 3.8) is 0 Å². The van der Waals surface area contributed by atoms with Crippen LogP contribution in [0.15, 0.2) is 60.2 Å². The fraction of sp³-hybridized carbons (Fsp3) is 0.368. The molecule has 120 valence electrons. The van der Waals surface area contributed by atoms with Crippen molar-refractivity contribution in [3.05, 3.63) is 65.7 Å². The van der Waals surface area contributed by atoms with Gasteiger partial charge in [0.2, 0.25) is 0 Å². The van der Waals surface area contributed by atoms with Gasteiger partial charge in [-0.05, 0) is 55.9 Å². The van der Waals surface area contributed by atoms with E-state index in [2.05, 4.69) is 13.5 Å². The zero-order valence-electron chi connectivity index (χ0n) is 13.3. The van der Waals surface area contributed by atoms with Crippen molar-refractivity contribution in [1.82, 2.24) is 0 Å². The van der Waals surface area contributed by atoms with E-state index in [0.717, 1.165) is 31.3 Å². The SMILES string of the molecule is C=C(F)/C(O)=C\C=C(/C)CC(CC)CCc1ccc(O)cc1. The van der Waals surface area contributed by atoms with E-state index in [0.29, 0.717) is 5.92 Å². The summed E-state index contributed by atoms with van der Waals surface area (Å²) in [7, 11) is 0. The Bertz CT molecular complexity index is 541. The summed E-state index contributed by atoms with van der Waals surface area (Å²) < 4.78 is 12.7. The topological polar surface area (TPSA) is 40.5 Å². The van der Waals surface area contributed by atoms with Gasteiger partial charge in [-0.25, -0.2) is 4.39 Å².